The van der Waals surface area contributed by atoms with Crippen LogP contribution >= 0.6 is 11.3 Å². The molecule has 0 aliphatic carbocycles. The molecule has 21 heavy (non-hydrogen) atoms. The molecule has 0 aromatic carbocycles. The van der Waals surface area contributed by atoms with E-state index >= 15 is 0 Å². The molecule has 116 valence electrons. The summed E-state index contributed by atoms with van der Waals surface area (Å²) in [6.07, 6.45) is 0.670. The van der Waals surface area contributed by atoms with Crippen LogP contribution in [0.25, 0.3) is 0 Å². The molecule has 1 fully saturated rings. The van der Waals surface area contributed by atoms with Crippen LogP contribution < -0.4 is 5.32 Å². The molecule has 1 aliphatic rings. The maximum atomic E-state index is 12.7. The van der Waals surface area contributed by atoms with Gasteiger partial charge in [-0.3, -0.25) is 9.59 Å². The van der Waals surface area contributed by atoms with E-state index in [9.17, 15) is 9.59 Å². The summed E-state index contributed by atoms with van der Waals surface area (Å²) >= 11 is 1.50. The van der Waals surface area contributed by atoms with Gasteiger partial charge in [0, 0.05) is 5.38 Å². The number of thiazole rings is 1. The zero-order valence-electron chi connectivity index (χ0n) is 13.0. The third-order valence-electron chi connectivity index (χ3n) is 3.66. The highest BCUT2D eigenvalue weighted by molar-refractivity contribution is 7.07. The van der Waals surface area contributed by atoms with Gasteiger partial charge in [-0.05, 0) is 18.3 Å². The highest BCUT2D eigenvalue weighted by Crippen LogP contribution is 2.22. The molecule has 2 heterocycles. The van der Waals surface area contributed by atoms with Gasteiger partial charge in [-0.1, -0.05) is 27.7 Å². The van der Waals surface area contributed by atoms with E-state index in [1.807, 2.05) is 19.2 Å². The molecule has 0 bridgehead atoms. The minimum atomic E-state index is -0.414. The van der Waals surface area contributed by atoms with Crippen LogP contribution in [0, 0.1) is 11.8 Å². The average Bonchev–Trinajstić information content (AvgIpc) is 2.87. The highest BCUT2D eigenvalue weighted by atomic mass is 32.1. The summed E-state index contributed by atoms with van der Waals surface area (Å²) in [5.41, 5.74) is 2.59. The second-order valence-electron chi connectivity index (χ2n) is 6.33. The van der Waals surface area contributed by atoms with Gasteiger partial charge < -0.3 is 10.2 Å². The van der Waals surface area contributed by atoms with Gasteiger partial charge in [-0.15, -0.1) is 11.3 Å². The maximum Gasteiger partial charge on any atom is 0.246 e. The van der Waals surface area contributed by atoms with E-state index in [2.05, 4.69) is 24.1 Å². The number of hydrogen-bond acceptors (Lipinski definition) is 4. The fourth-order valence-electron chi connectivity index (χ4n) is 2.76. The first kappa shape index (κ1) is 15.9. The first-order valence-corrected chi connectivity index (χ1v) is 8.32. The van der Waals surface area contributed by atoms with Gasteiger partial charge in [-0.2, -0.15) is 0 Å². The second-order valence-corrected chi connectivity index (χ2v) is 7.04. The predicted octanol–water partition coefficient (Wildman–Crippen LogP) is 2.04. The third-order valence-corrected chi connectivity index (χ3v) is 4.29. The minimum absolute atomic E-state index is 0.00926. The molecule has 0 spiro atoms. The van der Waals surface area contributed by atoms with Crippen LogP contribution in [0.5, 0.6) is 0 Å². The topological polar surface area (TPSA) is 62.3 Å². The lowest BCUT2D eigenvalue weighted by Gasteiger charge is -2.41. The molecule has 0 radical (unpaired) electrons. The average molecular weight is 309 g/mol. The molecule has 1 aromatic heterocycles. The lowest BCUT2D eigenvalue weighted by Crippen LogP contribution is -2.64. The Morgan fingerprint density at radius 1 is 1.33 bits per heavy atom. The molecule has 2 amide bonds. The van der Waals surface area contributed by atoms with Gasteiger partial charge in [0.25, 0.3) is 0 Å². The Morgan fingerprint density at radius 2 is 2.05 bits per heavy atom. The van der Waals surface area contributed by atoms with Gasteiger partial charge in [0.2, 0.25) is 11.8 Å². The van der Waals surface area contributed by atoms with E-state index in [0.29, 0.717) is 18.9 Å². The van der Waals surface area contributed by atoms with Crippen LogP contribution in [0.4, 0.5) is 0 Å². The number of carbonyl (C=O) groups is 2. The van der Waals surface area contributed by atoms with Gasteiger partial charge in [-0.25, -0.2) is 4.98 Å². The van der Waals surface area contributed by atoms with Crippen molar-refractivity contribution in [3.05, 3.63) is 16.6 Å². The van der Waals surface area contributed by atoms with Gasteiger partial charge in [0.05, 0.1) is 17.7 Å². The minimum Gasteiger partial charge on any atom is -0.342 e. The number of carbonyl (C=O) groups excluding carboxylic acids is 2. The molecule has 2 atom stereocenters. The standard InChI is InChI=1S/C15H23N3O2S/c1-9(2)5-12-15(20)18(6-11-7-21-8-16-11)13(10(3)4)14(19)17-12/h7-10,12-13H,5-6H2,1-4H3,(H,17,19). The number of nitrogens with zero attached hydrogens (tertiary/aromatic N) is 2. The van der Waals surface area contributed by atoms with Gasteiger partial charge in [0.15, 0.2) is 0 Å². The number of hydrogen-bond donors (Lipinski definition) is 1. The van der Waals surface area contributed by atoms with Gasteiger partial charge >= 0.3 is 0 Å². The molecule has 1 aromatic rings. The summed E-state index contributed by atoms with van der Waals surface area (Å²) in [7, 11) is 0. The Balaban J connectivity index is 2.23. The Bertz CT molecular complexity index is 499. The van der Waals surface area contributed by atoms with Crippen LogP contribution in [0.2, 0.25) is 0 Å². The molecule has 1 aliphatic heterocycles. The number of nitrogens with one attached hydrogen (secondary N) is 1. The summed E-state index contributed by atoms with van der Waals surface area (Å²) in [5, 5.41) is 4.82. The SMILES string of the molecule is CC(C)CC1NC(=O)C(C(C)C)N(Cc2cscn2)C1=O. The first-order valence-electron chi connectivity index (χ1n) is 7.38. The summed E-state index contributed by atoms with van der Waals surface area (Å²) < 4.78 is 0. The summed E-state index contributed by atoms with van der Waals surface area (Å²) in [4.78, 5) is 31.1. The molecule has 6 heteroatoms. The first-order chi connectivity index (χ1) is 9.90. The van der Waals surface area contributed by atoms with Crippen molar-refractivity contribution in [2.45, 2.75) is 52.7 Å². The second kappa shape index (κ2) is 6.56. The van der Waals surface area contributed by atoms with Crippen molar-refractivity contribution in [3.8, 4) is 0 Å². The lowest BCUT2D eigenvalue weighted by molar-refractivity contribution is -0.152. The van der Waals surface area contributed by atoms with Crippen LogP contribution in [0.1, 0.15) is 39.8 Å². The fraction of sp³-hybridized carbons (Fsp3) is 0.667. The Labute approximate surface area is 129 Å². The molecular formula is C15H23N3O2S. The van der Waals surface area contributed by atoms with Crippen molar-refractivity contribution in [3.63, 3.8) is 0 Å². The predicted molar refractivity (Wildman–Crippen MR) is 82.7 cm³/mol. The zero-order chi connectivity index (χ0) is 15.6. The van der Waals surface area contributed by atoms with E-state index in [4.69, 9.17) is 0 Å². The van der Waals surface area contributed by atoms with E-state index in [1.165, 1.54) is 11.3 Å². The summed E-state index contributed by atoms with van der Waals surface area (Å²) in [6.45, 7) is 8.45. The fourth-order valence-corrected chi connectivity index (χ4v) is 3.31. The molecule has 1 N–H and O–H groups in total. The molecule has 2 rings (SSSR count). The zero-order valence-corrected chi connectivity index (χ0v) is 13.8. The van der Waals surface area contributed by atoms with Crippen molar-refractivity contribution in [2.75, 3.05) is 0 Å². The van der Waals surface area contributed by atoms with Crippen LogP contribution in [0.3, 0.4) is 0 Å². The van der Waals surface area contributed by atoms with Crippen molar-refractivity contribution >= 4 is 23.2 Å². The van der Waals surface area contributed by atoms with Gasteiger partial charge in [0.1, 0.15) is 12.1 Å². The lowest BCUT2D eigenvalue weighted by atomic mass is 9.93. The quantitative estimate of drug-likeness (QED) is 0.905. The van der Waals surface area contributed by atoms with Crippen molar-refractivity contribution in [2.24, 2.45) is 11.8 Å². The van der Waals surface area contributed by atoms with E-state index in [-0.39, 0.29) is 17.7 Å². The Morgan fingerprint density at radius 3 is 2.57 bits per heavy atom. The monoisotopic (exact) mass is 309 g/mol. The number of rotatable bonds is 5. The Kier molecular flexibility index (Phi) is 4.98. The molecule has 0 saturated carbocycles. The number of piperazine rings is 1. The van der Waals surface area contributed by atoms with Crippen molar-refractivity contribution < 1.29 is 9.59 Å². The Hall–Kier alpha value is -1.43. The van der Waals surface area contributed by atoms with E-state index in [0.717, 1.165) is 5.69 Å². The number of amides is 2. The molecule has 2 unspecified atom stereocenters. The third kappa shape index (κ3) is 3.61. The molecular weight excluding hydrogens is 286 g/mol. The summed E-state index contributed by atoms with van der Waals surface area (Å²) in [5.74, 6) is 0.393. The van der Waals surface area contributed by atoms with Crippen LogP contribution in [-0.4, -0.2) is 33.8 Å². The molecule has 1 saturated heterocycles. The van der Waals surface area contributed by atoms with E-state index in [1.54, 1.807) is 10.4 Å². The van der Waals surface area contributed by atoms with E-state index < -0.39 is 12.1 Å². The van der Waals surface area contributed by atoms with Crippen molar-refractivity contribution in [1.29, 1.82) is 0 Å². The summed E-state index contributed by atoms with van der Waals surface area (Å²) in [6, 6.07) is -0.825. The maximum absolute atomic E-state index is 12.7. The largest absolute Gasteiger partial charge is 0.342 e. The normalized spacial score (nSPS) is 23.0. The van der Waals surface area contributed by atoms with Crippen LogP contribution in [0.15, 0.2) is 10.9 Å². The van der Waals surface area contributed by atoms with Crippen molar-refractivity contribution in [1.82, 2.24) is 15.2 Å². The smallest absolute Gasteiger partial charge is 0.246 e. The molecule has 5 nitrogen and oxygen atoms in total. The van der Waals surface area contributed by atoms with Crippen LogP contribution in [-0.2, 0) is 16.1 Å². The number of aromatic nitrogens is 1. The highest BCUT2D eigenvalue weighted by Gasteiger charge is 2.42.